The van der Waals surface area contributed by atoms with Gasteiger partial charge in [-0.2, -0.15) is 0 Å². The Balaban J connectivity index is 2.24. The molecule has 94 valence electrons. The van der Waals surface area contributed by atoms with Crippen molar-refractivity contribution in [1.82, 2.24) is 0 Å². The Labute approximate surface area is 103 Å². The monoisotopic (exact) mass is 235 g/mol. The van der Waals surface area contributed by atoms with E-state index in [0.29, 0.717) is 5.92 Å². The minimum atomic E-state index is 0.224. The first-order valence-electron chi connectivity index (χ1n) is 6.29. The van der Waals surface area contributed by atoms with Crippen LogP contribution < -0.4 is 10.5 Å². The maximum absolute atomic E-state index is 8.95. The van der Waals surface area contributed by atoms with Gasteiger partial charge in [0.15, 0.2) is 0 Å². The van der Waals surface area contributed by atoms with Gasteiger partial charge in [-0.15, -0.1) is 0 Å². The van der Waals surface area contributed by atoms with Crippen molar-refractivity contribution in [3.63, 3.8) is 0 Å². The van der Waals surface area contributed by atoms with Crippen LogP contribution in [0.3, 0.4) is 0 Å². The summed E-state index contributed by atoms with van der Waals surface area (Å²) in [5.74, 6) is 1.30. The molecule has 0 heterocycles. The van der Waals surface area contributed by atoms with Gasteiger partial charge in [0.2, 0.25) is 0 Å². The minimum Gasteiger partial charge on any atom is -0.497 e. The lowest BCUT2D eigenvalue weighted by atomic mass is 9.77. The molecule has 0 radical (unpaired) electrons. The molecule has 1 aliphatic carbocycles. The molecule has 2 unspecified atom stereocenters. The normalized spacial score (nSPS) is 23.2. The van der Waals surface area contributed by atoms with Gasteiger partial charge in [-0.1, -0.05) is 6.07 Å². The zero-order valence-electron chi connectivity index (χ0n) is 10.4. The molecule has 0 fully saturated rings. The van der Waals surface area contributed by atoms with Crippen molar-refractivity contribution < 1.29 is 9.84 Å². The molecule has 0 saturated heterocycles. The fraction of sp³-hybridized carbons (Fsp3) is 0.571. The van der Waals surface area contributed by atoms with Crippen molar-refractivity contribution in [2.75, 3.05) is 13.7 Å². The third kappa shape index (κ3) is 2.61. The van der Waals surface area contributed by atoms with E-state index in [1.807, 2.05) is 6.07 Å². The van der Waals surface area contributed by atoms with Gasteiger partial charge in [0.1, 0.15) is 5.75 Å². The summed E-state index contributed by atoms with van der Waals surface area (Å²) in [4.78, 5) is 0. The van der Waals surface area contributed by atoms with Crippen LogP contribution in [-0.4, -0.2) is 24.9 Å². The molecule has 17 heavy (non-hydrogen) atoms. The molecule has 1 aliphatic rings. The minimum absolute atomic E-state index is 0.224. The predicted octanol–water partition coefficient (Wildman–Crippen LogP) is 1.82. The number of hydrogen-bond donors (Lipinski definition) is 2. The topological polar surface area (TPSA) is 55.5 Å². The highest BCUT2D eigenvalue weighted by atomic mass is 16.5. The Bertz CT molecular complexity index is 378. The van der Waals surface area contributed by atoms with Crippen molar-refractivity contribution in [2.45, 2.75) is 37.6 Å². The van der Waals surface area contributed by atoms with Gasteiger partial charge in [0, 0.05) is 12.6 Å². The van der Waals surface area contributed by atoms with Gasteiger partial charge >= 0.3 is 0 Å². The number of benzene rings is 1. The Morgan fingerprint density at radius 1 is 1.47 bits per heavy atom. The summed E-state index contributed by atoms with van der Waals surface area (Å²) >= 11 is 0. The van der Waals surface area contributed by atoms with E-state index in [1.165, 1.54) is 11.1 Å². The predicted molar refractivity (Wildman–Crippen MR) is 68.4 cm³/mol. The van der Waals surface area contributed by atoms with Crippen molar-refractivity contribution in [2.24, 2.45) is 5.73 Å². The van der Waals surface area contributed by atoms with Gasteiger partial charge < -0.3 is 15.6 Å². The number of aliphatic hydroxyl groups excluding tert-OH is 1. The van der Waals surface area contributed by atoms with E-state index in [2.05, 4.69) is 12.1 Å². The molecule has 3 nitrogen and oxygen atoms in total. The molecule has 3 heteroatoms. The third-order valence-corrected chi connectivity index (χ3v) is 3.69. The standard InChI is InChI=1S/C14H21NO2/c1-17-11-5-6-12-10(9-11)4-7-14(15)13(12)3-2-8-16/h5-6,9,13-14,16H,2-4,7-8,15H2,1H3. The van der Waals surface area contributed by atoms with Gasteiger partial charge in [-0.05, 0) is 54.9 Å². The van der Waals surface area contributed by atoms with Crippen LogP contribution in [0.15, 0.2) is 18.2 Å². The Hall–Kier alpha value is -1.06. The summed E-state index contributed by atoms with van der Waals surface area (Å²) in [5.41, 5.74) is 8.89. The number of aryl methyl sites for hydroxylation is 1. The molecular formula is C14H21NO2. The third-order valence-electron chi connectivity index (χ3n) is 3.69. The van der Waals surface area contributed by atoms with Crippen LogP contribution in [-0.2, 0) is 6.42 Å². The van der Waals surface area contributed by atoms with Gasteiger partial charge in [-0.25, -0.2) is 0 Å². The highest BCUT2D eigenvalue weighted by Crippen LogP contribution is 2.35. The quantitative estimate of drug-likeness (QED) is 0.837. The first kappa shape index (κ1) is 12.4. The Kier molecular flexibility index (Phi) is 4.02. The van der Waals surface area contributed by atoms with E-state index in [4.69, 9.17) is 15.6 Å². The number of rotatable bonds is 4. The van der Waals surface area contributed by atoms with Crippen LogP contribution >= 0.6 is 0 Å². The molecule has 1 aromatic carbocycles. The van der Waals surface area contributed by atoms with Crippen molar-refractivity contribution in [3.8, 4) is 5.75 Å². The second-order valence-electron chi connectivity index (χ2n) is 4.74. The summed E-state index contributed by atoms with van der Waals surface area (Å²) in [6, 6.07) is 6.48. The Morgan fingerprint density at radius 2 is 2.29 bits per heavy atom. The average Bonchev–Trinajstić information content (AvgIpc) is 2.37. The number of hydrogen-bond acceptors (Lipinski definition) is 3. The molecule has 0 aromatic heterocycles. The number of aliphatic hydroxyl groups is 1. The fourth-order valence-corrected chi connectivity index (χ4v) is 2.72. The molecular weight excluding hydrogens is 214 g/mol. The van der Waals surface area contributed by atoms with Crippen molar-refractivity contribution in [1.29, 1.82) is 0 Å². The van der Waals surface area contributed by atoms with E-state index in [0.717, 1.165) is 31.4 Å². The highest BCUT2D eigenvalue weighted by molar-refractivity contribution is 5.40. The molecule has 3 N–H and O–H groups in total. The fourth-order valence-electron chi connectivity index (χ4n) is 2.72. The second kappa shape index (κ2) is 5.52. The molecule has 0 aliphatic heterocycles. The summed E-state index contributed by atoms with van der Waals surface area (Å²) in [6.45, 7) is 0.245. The zero-order valence-corrected chi connectivity index (χ0v) is 10.4. The number of nitrogens with two attached hydrogens (primary N) is 1. The Morgan fingerprint density at radius 3 is 3.00 bits per heavy atom. The number of fused-ring (bicyclic) bond motifs is 1. The molecule has 0 bridgehead atoms. The lowest BCUT2D eigenvalue weighted by Crippen LogP contribution is -2.33. The van der Waals surface area contributed by atoms with Crippen LogP contribution in [0.5, 0.6) is 5.75 Å². The van der Waals surface area contributed by atoms with Gasteiger partial charge in [0.25, 0.3) is 0 Å². The maximum Gasteiger partial charge on any atom is 0.119 e. The smallest absolute Gasteiger partial charge is 0.119 e. The molecule has 2 atom stereocenters. The lowest BCUT2D eigenvalue weighted by molar-refractivity contribution is 0.273. The van der Waals surface area contributed by atoms with Crippen LogP contribution in [0.25, 0.3) is 0 Å². The zero-order chi connectivity index (χ0) is 12.3. The number of methoxy groups -OCH3 is 1. The molecule has 2 rings (SSSR count). The first-order valence-corrected chi connectivity index (χ1v) is 6.29. The van der Waals surface area contributed by atoms with E-state index in [1.54, 1.807) is 7.11 Å². The average molecular weight is 235 g/mol. The van der Waals surface area contributed by atoms with E-state index < -0.39 is 0 Å². The van der Waals surface area contributed by atoms with E-state index in [9.17, 15) is 0 Å². The molecule has 1 aromatic rings. The van der Waals surface area contributed by atoms with Crippen molar-refractivity contribution in [3.05, 3.63) is 29.3 Å². The van der Waals surface area contributed by atoms with E-state index in [-0.39, 0.29) is 12.6 Å². The summed E-state index contributed by atoms with van der Waals surface area (Å²) < 4.78 is 5.25. The van der Waals surface area contributed by atoms with Crippen LogP contribution in [0, 0.1) is 0 Å². The maximum atomic E-state index is 8.95. The largest absolute Gasteiger partial charge is 0.497 e. The molecule has 0 amide bonds. The van der Waals surface area contributed by atoms with Crippen molar-refractivity contribution >= 4 is 0 Å². The first-order chi connectivity index (χ1) is 8.26. The SMILES string of the molecule is COc1ccc2c(c1)CCC(N)C2CCCO. The number of ether oxygens (including phenoxy) is 1. The van der Waals surface area contributed by atoms with Gasteiger partial charge in [-0.3, -0.25) is 0 Å². The lowest BCUT2D eigenvalue weighted by Gasteiger charge is -2.31. The van der Waals surface area contributed by atoms with Crippen LogP contribution in [0.1, 0.15) is 36.3 Å². The summed E-state index contributed by atoms with van der Waals surface area (Å²) in [7, 11) is 1.69. The summed E-state index contributed by atoms with van der Waals surface area (Å²) in [6.07, 6.45) is 3.85. The van der Waals surface area contributed by atoms with Crippen LogP contribution in [0.4, 0.5) is 0 Å². The summed E-state index contributed by atoms with van der Waals surface area (Å²) in [5, 5.41) is 8.95. The highest BCUT2D eigenvalue weighted by Gasteiger charge is 2.26. The molecule has 0 saturated carbocycles. The van der Waals surface area contributed by atoms with E-state index >= 15 is 0 Å². The van der Waals surface area contributed by atoms with Crippen LogP contribution in [0.2, 0.25) is 0 Å². The molecule has 0 spiro atoms. The second-order valence-corrected chi connectivity index (χ2v) is 4.74. The van der Waals surface area contributed by atoms with Gasteiger partial charge in [0.05, 0.1) is 7.11 Å².